The van der Waals surface area contributed by atoms with E-state index in [0.717, 1.165) is 5.69 Å². The highest BCUT2D eigenvalue weighted by Gasteiger charge is 2.21. The topological polar surface area (TPSA) is 84.2 Å². The van der Waals surface area contributed by atoms with Crippen LogP contribution in [0.4, 0.5) is 5.13 Å². The van der Waals surface area contributed by atoms with E-state index in [1.807, 2.05) is 45.0 Å². The summed E-state index contributed by atoms with van der Waals surface area (Å²) in [6.45, 7) is 8.16. The second kappa shape index (κ2) is 6.97. The zero-order chi connectivity index (χ0) is 16.3. The van der Waals surface area contributed by atoms with E-state index in [1.54, 1.807) is 0 Å². The summed E-state index contributed by atoms with van der Waals surface area (Å²) in [5.74, 6) is 1.28. The molecule has 2 heterocycles. The SMILES string of the molecule is Cc1csc(NC(=O)[C@@H](C)N(C)Cc2noc(C(C)C)n2)n1. The Labute approximate surface area is 133 Å². The summed E-state index contributed by atoms with van der Waals surface area (Å²) >= 11 is 1.42. The van der Waals surface area contributed by atoms with E-state index in [1.165, 1.54) is 11.3 Å². The smallest absolute Gasteiger partial charge is 0.243 e. The van der Waals surface area contributed by atoms with Crippen LogP contribution in [-0.4, -0.2) is 39.0 Å². The number of nitrogens with one attached hydrogen (secondary N) is 1. The Morgan fingerprint density at radius 3 is 2.68 bits per heavy atom. The molecule has 1 N–H and O–H groups in total. The predicted octanol–water partition coefficient (Wildman–Crippen LogP) is 2.42. The van der Waals surface area contributed by atoms with Gasteiger partial charge in [-0.05, 0) is 20.9 Å². The van der Waals surface area contributed by atoms with Gasteiger partial charge in [-0.25, -0.2) is 4.98 Å². The number of aryl methyl sites for hydroxylation is 1. The molecule has 0 unspecified atom stereocenters. The molecule has 1 atom stereocenters. The first-order valence-corrected chi connectivity index (χ1v) is 8.00. The molecule has 0 bridgehead atoms. The molecule has 2 aromatic heterocycles. The monoisotopic (exact) mass is 323 g/mol. The van der Waals surface area contributed by atoms with E-state index >= 15 is 0 Å². The molecule has 7 nitrogen and oxygen atoms in total. The lowest BCUT2D eigenvalue weighted by molar-refractivity contribution is -0.120. The largest absolute Gasteiger partial charge is 0.339 e. The first kappa shape index (κ1) is 16.6. The highest BCUT2D eigenvalue weighted by atomic mass is 32.1. The van der Waals surface area contributed by atoms with Gasteiger partial charge in [-0.2, -0.15) is 4.98 Å². The fourth-order valence-corrected chi connectivity index (χ4v) is 2.44. The summed E-state index contributed by atoms with van der Waals surface area (Å²) in [4.78, 5) is 22.6. The van der Waals surface area contributed by atoms with Crippen molar-refractivity contribution in [1.29, 1.82) is 0 Å². The van der Waals surface area contributed by atoms with Crippen LogP contribution in [-0.2, 0) is 11.3 Å². The van der Waals surface area contributed by atoms with Gasteiger partial charge in [0.15, 0.2) is 11.0 Å². The summed E-state index contributed by atoms with van der Waals surface area (Å²) in [5.41, 5.74) is 0.898. The van der Waals surface area contributed by atoms with Crippen LogP contribution in [0.15, 0.2) is 9.90 Å². The Morgan fingerprint density at radius 1 is 1.41 bits per heavy atom. The maximum absolute atomic E-state index is 12.2. The third-order valence-electron chi connectivity index (χ3n) is 3.26. The lowest BCUT2D eigenvalue weighted by atomic mass is 10.2. The van der Waals surface area contributed by atoms with Crippen LogP contribution in [0, 0.1) is 6.92 Å². The number of carbonyl (C=O) groups is 1. The van der Waals surface area contributed by atoms with Crippen LogP contribution in [0.3, 0.4) is 0 Å². The molecule has 2 aromatic rings. The molecule has 2 rings (SSSR count). The van der Waals surface area contributed by atoms with Gasteiger partial charge in [-0.1, -0.05) is 19.0 Å². The highest BCUT2D eigenvalue weighted by Crippen LogP contribution is 2.16. The number of hydrogen-bond donors (Lipinski definition) is 1. The minimum absolute atomic E-state index is 0.107. The Morgan fingerprint density at radius 2 is 2.14 bits per heavy atom. The Balaban J connectivity index is 1.92. The van der Waals surface area contributed by atoms with Crippen molar-refractivity contribution in [3.8, 4) is 0 Å². The first-order valence-electron chi connectivity index (χ1n) is 7.12. The molecule has 0 spiro atoms. The van der Waals surface area contributed by atoms with Crippen LogP contribution < -0.4 is 5.32 Å². The van der Waals surface area contributed by atoms with Gasteiger partial charge in [0, 0.05) is 11.3 Å². The van der Waals surface area contributed by atoms with Gasteiger partial charge in [0.2, 0.25) is 11.8 Å². The molecule has 0 saturated heterocycles. The number of likely N-dealkylation sites (N-methyl/N-ethyl adjacent to an activating group) is 1. The van der Waals surface area contributed by atoms with E-state index in [2.05, 4.69) is 20.4 Å². The van der Waals surface area contributed by atoms with Crippen LogP contribution >= 0.6 is 11.3 Å². The van der Waals surface area contributed by atoms with E-state index in [4.69, 9.17) is 4.52 Å². The molecule has 1 amide bonds. The van der Waals surface area contributed by atoms with Gasteiger partial charge < -0.3 is 9.84 Å². The fraction of sp³-hybridized carbons (Fsp3) is 0.571. The molecule has 0 aliphatic rings. The molecular formula is C14H21N5O2S. The zero-order valence-corrected chi connectivity index (χ0v) is 14.3. The molecule has 0 aliphatic carbocycles. The molecule has 120 valence electrons. The fourth-order valence-electron chi connectivity index (χ4n) is 1.75. The van der Waals surface area contributed by atoms with Crippen molar-refractivity contribution in [2.45, 2.75) is 46.2 Å². The summed E-state index contributed by atoms with van der Waals surface area (Å²) in [5, 5.41) is 9.27. The molecular weight excluding hydrogens is 302 g/mol. The number of hydrogen-bond acceptors (Lipinski definition) is 7. The summed E-state index contributed by atoms with van der Waals surface area (Å²) in [6.07, 6.45) is 0. The van der Waals surface area contributed by atoms with Crippen molar-refractivity contribution < 1.29 is 9.32 Å². The average Bonchev–Trinajstić information content (AvgIpc) is 3.07. The number of amides is 1. The van der Waals surface area contributed by atoms with Crippen molar-refractivity contribution in [3.63, 3.8) is 0 Å². The van der Waals surface area contributed by atoms with Crippen molar-refractivity contribution in [2.24, 2.45) is 0 Å². The minimum Gasteiger partial charge on any atom is -0.339 e. The number of aromatic nitrogens is 3. The Hall–Kier alpha value is -1.80. The quantitative estimate of drug-likeness (QED) is 0.879. The van der Waals surface area contributed by atoms with Gasteiger partial charge in [0.1, 0.15) is 0 Å². The third-order valence-corrected chi connectivity index (χ3v) is 4.13. The van der Waals surface area contributed by atoms with Gasteiger partial charge in [0.25, 0.3) is 0 Å². The van der Waals surface area contributed by atoms with Gasteiger partial charge in [0.05, 0.1) is 18.3 Å². The highest BCUT2D eigenvalue weighted by molar-refractivity contribution is 7.13. The lowest BCUT2D eigenvalue weighted by Crippen LogP contribution is -2.39. The van der Waals surface area contributed by atoms with E-state index in [0.29, 0.717) is 23.4 Å². The number of anilines is 1. The van der Waals surface area contributed by atoms with E-state index in [-0.39, 0.29) is 17.9 Å². The lowest BCUT2D eigenvalue weighted by Gasteiger charge is -2.21. The van der Waals surface area contributed by atoms with Crippen LogP contribution in [0.1, 0.15) is 44.1 Å². The van der Waals surface area contributed by atoms with Gasteiger partial charge in [-0.15, -0.1) is 11.3 Å². The normalized spacial score (nSPS) is 12.9. The van der Waals surface area contributed by atoms with Crippen LogP contribution in [0.2, 0.25) is 0 Å². The van der Waals surface area contributed by atoms with Crippen molar-refractivity contribution >= 4 is 22.4 Å². The van der Waals surface area contributed by atoms with Gasteiger partial charge >= 0.3 is 0 Å². The number of carbonyl (C=O) groups excluding carboxylic acids is 1. The molecule has 8 heteroatoms. The standard InChI is InChI=1S/C14H21N5O2S/c1-8(2)13-16-11(18-21-13)6-19(5)10(4)12(20)17-14-15-9(3)7-22-14/h7-8,10H,6H2,1-5H3,(H,15,17,20)/t10-/m1/s1. The molecule has 0 aromatic carbocycles. The van der Waals surface area contributed by atoms with Crippen molar-refractivity contribution in [1.82, 2.24) is 20.0 Å². The Kier molecular flexibility index (Phi) is 5.25. The number of rotatable bonds is 6. The first-order chi connectivity index (χ1) is 10.4. The van der Waals surface area contributed by atoms with E-state index < -0.39 is 0 Å². The Bertz CT molecular complexity index is 637. The predicted molar refractivity (Wildman–Crippen MR) is 84.8 cm³/mol. The van der Waals surface area contributed by atoms with Crippen molar-refractivity contribution in [2.75, 3.05) is 12.4 Å². The third kappa shape index (κ3) is 4.11. The minimum atomic E-state index is -0.329. The molecule has 0 saturated carbocycles. The molecule has 0 fully saturated rings. The number of nitrogens with zero attached hydrogens (tertiary/aromatic N) is 4. The summed E-state index contributed by atoms with van der Waals surface area (Å²) in [6, 6.07) is -0.329. The molecule has 22 heavy (non-hydrogen) atoms. The van der Waals surface area contributed by atoms with E-state index in [9.17, 15) is 4.79 Å². The molecule has 0 aliphatic heterocycles. The summed E-state index contributed by atoms with van der Waals surface area (Å²) in [7, 11) is 1.85. The number of thiazole rings is 1. The summed E-state index contributed by atoms with van der Waals surface area (Å²) < 4.78 is 5.17. The van der Waals surface area contributed by atoms with Gasteiger partial charge in [-0.3, -0.25) is 9.69 Å². The average molecular weight is 323 g/mol. The van der Waals surface area contributed by atoms with Crippen LogP contribution in [0.5, 0.6) is 0 Å². The van der Waals surface area contributed by atoms with Crippen LogP contribution in [0.25, 0.3) is 0 Å². The molecule has 0 radical (unpaired) electrons. The maximum atomic E-state index is 12.2. The maximum Gasteiger partial charge on any atom is 0.243 e. The second-order valence-electron chi connectivity index (χ2n) is 5.58. The van der Waals surface area contributed by atoms with Crippen molar-refractivity contribution in [3.05, 3.63) is 22.8 Å². The zero-order valence-electron chi connectivity index (χ0n) is 13.5. The second-order valence-corrected chi connectivity index (χ2v) is 6.44.